The molecular formula is C8H12N2. The number of nitrogens with zero attached hydrogens (tertiary/aromatic N) is 1. The molecule has 0 saturated carbocycles. The van der Waals surface area contributed by atoms with E-state index in [0.29, 0.717) is 0 Å². The van der Waals surface area contributed by atoms with Crippen LogP contribution in [0, 0.1) is 12.0 Å². The van der Waals surface area contributed by atoms with Crippen molar-refractivity contribution in [1.82, 2.24) is 0 Å². The van der Waals surface area contributed by atoms with Crippen molar-refractivity contribution in [2.24, 2.45) is 10.7 Å². The maximum atomic E-state index is 4.95. The molecule has 0 atom stereocenters. The molecule has 2 nitrogen and oxygen atoms in total. The summed E-state index contributed by atoms with van der Waals surface area (Å²) >= 11 is 0. The van der Waals surface area contributed by atoms with Gasteiger partial charge in [0.2, 0.25) is 0 Å². The SMILES string of the molecule is C/C=N\C=C/CCC#CN. The molecule has 0 saturated heterocycles. The van der Waals surface area contributed by atoms with Crippen LogP contribution in [0.4, 0.5) is 0 Å². The van der Waals surface area contributed by atoms with Gasteiger partial charge < -0.3 is 5.73 Å². The summed E-state index contributed by atoms with van der Waals surface area (Å²) in [6.07, 6.45) is 7.20. The number of hydrogen-bond acceptors (Lipinski definition) is 2. The maximum Gasteiger partial charge on any atom is 0.0224 e. The summed E-state index contributed by atoms with van der Waals surface area (Å²) in [5, 5.41) is 0. The molecule has 0 rings (SSSR count). The first-order valence-electron chi connectivity index (χ1n) is 3.23. The maximum absolute atomic E-state index is 4.95. The molecule has 0 spiro atoms. The zero-order valence-electron chi connectivity index (χ0n) is 6.17. The fourth-order valence-electron chi connectivity index (χ4n) is 0.449. The Morgan fingerprint density at radius 2 is 2.40 bits per heavy atom. The molecule has 0 radical (unpaired) electrons. The Morgan fingerprint density at radius 1 is 1.60 bits per heavy atom. The van der Waals surface area contributed by atoms with Gasteiger partial charge in [0.05, 0.1) is 0 Å². The first-order chi connectivity index (χ1) is 4.91. The number of rotatable bonds is 3. The van der Waals surface area contributed by atoms with Gasteiger partial charge in [0.25, 0.3) is 0 Å². The lowest BCUT2D eigenvalue weighted by Gasteiger charge is -1.79. The fraction of sp³-hybridized carbons (Fsp3) is 0.375. The van der Waals surface area contributed by atoms with E-state index >= 15 is 0 Å². The average Bonchev–Trinajstić information content (AvgIpc) is 1.97. The molecule has 0 aromatic heterocycles. The van der Waals surface area contributed by atoms with E-state index in [1.54, 1.807) is 12.4 Å². The summed E-state index contributed by atoms with van der Waals surface area (Å²) in [5.41, 5.74) is 4.95. The van der Waals surface area contributed by atoms with Crippen LogP contribution < -0.4 is 5.73 Å². The molecule has 2 heteroatoms. The Hall–Kier alpha value is -1.23. The molecule has 0 amide bonds. The van der Waals surface area contributed by atoms with Gasteiger partial charge >= 0.3 is 0 Å². The van der Waals surface area contributed by atoms with Gasteiger partial charge in [-0.3, -0.25) is 4.99 Å². The normalized spacial score (nSPS) is 10.1. The van der Waals surface area contributed by atoms with Crippen LogP contribution in [0.2, 0.25) is 0 Å². The summed E-state index contributed by atoms with van der Waals surface area (Å²) in [4.78, 5) is 3.88. The lowest BCUT2D eigenvalue weighted by Crippen LogP contribution is -1.75. The molecule has 0 aliphatic heterocycles. The van der Waals surface area contributed by atoms with Crippen molar-refractivity contribution in [3.05, 3.63) is 12.3 Å². The molecule has 0 heterocycles. The van der Waals surface area contributed by atoms with Gasteiger partial charge in [0.1, 0.15) is 0 Å². The third kappa shape index (κ3) is 6.77. The van der Waals surface area contributed by atoms with E-state index in [0.717, 1.165) is 12.8 Å². The highest BCUT2D eigenvalue weighted by Gasteiger charge is 1.72. The van der Waals surface area contributed by atoms with E-state index in [9.17, 15) is 0 Å². The number of hydrogen-bond donors (Lipinski definition) is 1. The number of aliphatic imine (C=N–C) groups is 1. The highest BCUT2D eigenvalue weighted by atomic mass is 14.6. The zero-order chi connectivity index (χ0) is 7.66. The molecule has 0 aromatic rings. The third-order valence-electron chi connectivity index (χ3n) is 0.879. The average molecular weight is 136 g/mol. The molecule has 0 aliphatic rings. The summed E-state index contributed by atoms with van der Waals surface area (Å²) in [6.45, 7) is 1.88. The van der Waals surface area contributed by atoms with E-state index in [1.165, 1.54) is 0 Å². The van der Waals surface area contributed by atoms with E-state index in [2.05, 4.69) is 17.0 Å². The second-order valence-corrected chi connectivity index (χ2v) is 1.65. The van der Waals surface area contributed by atoms with Gasteiger partial charge in [-0.05, 0) is 13.3 Å². The Morgan fingerprint density at radius 3 is 3.00 bits per heavy atom. The summed E-state index contributed by atoms with van der Waals surface area (Å²) < 4.78 is 0. The van der Waals surface area contributed by atoms with Crippen molar-refractivity contribution in [1.29, 1.82) is 0 Å². The lowest BCUT2D eigenvalue weighted by molar-refractivity contribution is 1.08. The van der Waals surface area contributed by atoms with Crippen molar-refractivity contribution in [3.8, 4) is 12.0 Å². The topological polar surface area (TPSA) is 38.4 Å². The lowest BCUT2D eigenvalue weighted by atomic mass is 10.3. The monoisotopic (exact) mass is 136 g/mol. The van der Waals surface area contributed by atoms with Gasteiger partial charge in [-0.25, -0.2) is 0 Å². The van der Waals surface area contributed by atoms with Crippen molar-refractivity contribution in [3.63, 3.8) is 0 Å². The van der Waals surface area contributed by atoms with Gasteiger partial charge in [-0.1, -0.05) is 12.0 Å². The molecule has 0 fully saturated rings. The van der Waals surface area contributed by atoms with Crippen molar-refractivity contribution >= 4 is 6.21 Å². The number of allylic oxidation sites excluding steroid dienone is 1. The molecule has 0 unspecified atom stereocenters. The van der Waals surface area contributed by atoms with Crippen LogP contribution in [-0.4, -0.2) is 6.21 Å². The Labute approximate surface area is 61.8 Å². The highest BCUT2D eigenvalue weighted by Crippen LogP contribution is 1.87. The second-order valence-electron chi connectivity index (χ2n) is 1.65. The van der Waals surface area contributed by atoms with E-state index in [-0.39, 0.29) is 0 Å². The van der Waals surface area contributed by atoms with Crippen LogP contribution in [-0.2, 0) is 0 Å². The van der Waals surface area contributed by atoms with Gasteiger partial charge in [0.15, 0.2) is 0 Å². The molecule has 0 aliphatic carbocycles. The van der Waals surface area contributed by atoms with E-state index in [4.69, 9.17) is 5.73 Å². The summed E-state index contributed by atoms with van der Waals surface area (Å²) in [5.74, 6) is 2.75. The number of unbranched alkanes of at least 4 members (excludes halogenated alkanes) is 1. The molecule has 0 aromatic carbocycles. The van der Waals surface area contributed by atoms with E-state index < -0.39 is 0 Å². The minimum absolute atomic E-state index is 0.812. The van der Waals surface area contributed by atoms with Gasteiger partial charge in [-0.2, -0.15) is 0 Å². The summed E-state index contributed by atoms with van der Waals surface area (Å²) in [7, 11) is 0. The van der Waals surface area contributed by atoms with Crippen LogP contribution in [0.1, 0.15) is 19.8 Å². The van der Waals surface area contributed by atoms with E-state index in [1.807, 2.05) is 13.0 Å². The Kier molecular flexibility index (Phi) is 6.81. The molecule has 2 N–H and O–H groups in total. The van der Waals surface area contributed by atoms with Gasteiger partial charge in [0, 0.05) is 24.9 Å². The minimum Gasteiger partial charge on any atom is -0.359 e. The van der Waals surface area contributed by atoms with Crippen LogP contribution in [0.5, 0.6) is 0 Å². The predicted octanol–water partition coefficient (Wildman–Crippen LogP) is 1.29. The Bertz CT molecular complexity index is 169. The van der Waals surface area contributed by atoms with Crippen molar-refractivity contribution < 1.29 is 0 Å². The molecule has 10 heavy (non-hydrogen) atoms. The smallest absolute Gasteiger partial charge is 0.0224 e. The fourth-order valence-corrected chi connectivity index (χ4v) is 0.449. The van der Waals surface area contributed by atoms with Crippen LogP contribution in [0.3, 0.4) is 0 Å². The highest BCUT2D eigenvalue weighted by molar-refractivity contribution is 5.54. The van der Waals surface area contributed by atoms with Crippen molar-refractivity contribution in [2.75, 3.05) is 0 Å². The first kappa shape index (κ1) is 8.77. The van der Waals surface area contributed by atoms with Crippen LogP contribution in [0.15, 0.2) is 17.3 Å². The van der Waals surface area contributed by atoms with Crippen LogP contribution >= 0.6 is 0 Å². The zero-order valence-corrected chi connectivity index (χ0v) is 6.17. The third-order valence-corrected chi connectivity index (χ3v) is 0.879. The minimum atomic E-state index is 0.812. The Balaban J connectivity index is 3.24. The summed E-state index contributed by atoms with van der Waals surface area (Å²) in [6, 6.07) is 2.34. The first-order valence-corrected chi connectivity index (χ1v) is 3.23. The number of nitrogens with two attached hydrogens (primary N) is 1. The second kappa shape index (κ2) is 7.77. The quantitative estimate of drug-likeness (QED) is 0.270. The van der Waals surface area contributed by atoms with Crippen molar-refractivity contribution in [2.45, 2.75) is 19.8 Å². The molecule has 54 valence electrons. The van der Waals surface area contributed by atoms with Crippen LogP contribution in [0.25, 0.3) is 0 Å². The largest absolute Gasteiger partial charge is 0.359 e. The van der Waals surface area contributed by atoms with Gasteiger partial charge in [-0.15, -0.1) is 0 Å². The predicted molar refractivity (Wildman–Crippen MR) is 44.5 cm³/mol. The molecule has 0 bridgehead atoms. The molecular weight excluding hydrogens is 124 g/mol. The standard InChI is InChI=1S/C8H12N2/c1-2-10-8-6-4-3-5-7-9/h2,6,8H,3-4,9H2,1H3/b8-6-,10-2-.